The molecule has 0 radical (unpaired) electrons. The number of hydrogen-bond donors (Lipinski definition) is 1. The smallest absolute Gasteiger partial charge is 0.335 e. The number of hydrogen-bond acceptors (Lipinski definition) is 4. The van der Waals surface area contributed by atoms with Gasteiger partial charge in [-0.1, -0.05) is 77.5 Å². The maximum atomic E-state index is 13.4. The van der Waals surface area contributed by atoms with Gasteiger partial charge in [0.1, 0.15) is 0 Å². The number of thioether (sulfide) groups is 1. The Balaban J connectivity index is 1.56. The molecule has 1 aliphatic heterocycles. The van der Waals surface area contributed by atoms with Crippen molar-refractivity contribution in [3.05, 3.63) is 104 Å². The minimum Gasteiger partial charge on any atom is -0.478 e. The molecule has 3 aromatic carbocycles. The van der Waals surface area contributed by atoms with Crippen LogP contribution in [-0.4, -0.2) is 25.9 Å². The summed E-state index contributed by atoms with van der Waals surface area (Å²) in [5.41, 5.74) is 4.34. The first-order valence-corrected chi connectivity index (χ1v) is 12.9. The van der Waals surface area contributed by atoms with Gasteiger partial charge in [-0.15, -0.1) is 0 Å². The molecule has 1 saturated heterocycles. The van der Waals surface area contributed by atoms with Crippen molar-refractivity contribution in [2.24, 2.45) is 0 Å². The average molecular weight is 553 g/mol. The molecule has 5 nitrogen and oxygen atoms in total. The summed E-state index contributed by atoms with van der Waals surface area (Å²) in [6.45, 7) is 2.55. The minimum absolute atomic E-state index is 0.0882. The Morgan fingerprint density at radius 2 is 1.86 bits per heavy atom. The Morgan fingerprint density at radius 1 is 1.08 bits per heavy atom. The van der Waals surface area contributed by atoms with Crippen LogP contribution in [0.15, 0.2) is 71.6 Å². The Hall–Kier alpha value is -3.10. The number of carboxylic acids is 1. The maximum absolute atomic E-state index is 13.4. The molecular weight excluding hydrogens is 535 g/mol. The van der Waals surface area contributed by atoms with E-state index in [4.69, 9.17) is 35.4 Å². The van der Waals surface area contributed by atoms with E-state index in [9.17, 15) is 14.7 Å². The second-order valence-corrected chi connectivity index (χ2v) is 10.7. The van der Waals surface area contributed by atoms with E-state index >= 15 is 0 Å². The largest absolute Gasteiger partial charge is 0.478 e. The molecule has 4 aromatic rings. The summed E-state index contributed by atoms with van der Waals surface area (Å²) in [6, 6.07) is 19.6. The molecule has 1 fully saturated rings. The first kappa shape index (κ1) is 24.6. The zero-order valence-corrected chi connectivity index (χ0v) is 22.0. The SMILES string of the molecule is Cc1c(/C=C2/SC(=S)N(c3cccc(C(=O)O)c3)C2=O)c2ccccc2n1Cc1ccc(Cl)cc1Cl. The highest BCUT2D eigenvalue weighted by Crippen LogP contribution is 2.38. The molecule has 1 aliphatic rings. The van der Waals surface area contributed by atoms with E-state index < -0.39 is 5.97 Å². The zero-order valence-electron chi connectivity index (χ0n) is 18.9. The van der Waals surface area contributed by atoms with Crippen molar-refractivity contribution in [3.8, 4) is 0 Å². The molecule has 9 heteroatoms. The first-order chi connectivity index (χ1) is 17.2. The van der Waals surface area contributed by atoms with Crippen LogP contribution in [0.1, 0.15) is 27.2 Å². The average Bonchev–Trinajstić information content (AvgIpc) is 3.28. The number of fused-ring (bicyclic) bond motifs is 1. The number of carbonyl (C=O) groups excluding carboxylic acids is 1. The number of amides is 1. The number of carboxylic acid groups (broad SMARTS) is 1. The van der Waals surface area contributed by atoms with Crippen LogP contribution in [0, 0.1) is 6.92 Å². The van der Waals surface area contributed by atoms with E-state index in [-0.39, 0.29) is 11.5 Å². The van der Waals surface area contributed by atoms with Gasteiger partial charge in [0.25, 0.3) is 5.91 Å². The van der Waals surface area contributed by atoms with Gasteiger partial charge in [0.15, 0.2) is 4.32 Å². The fourth-order valence-corrected chi connectivity index (χ4v) is 6.01. The summed E-state index contributed by atoms with van der Waals surface area (Å²) in [5, 5.41) is 11.5. The number of para-hydroxylation sites is 1. The molecule has 1 N–H and O–H groups in total. The predicted octanol–water partition coefficient (Wildman–Crippen LogP) is 7.41. The van der Waals surface area contributed by atoms with Gasteiger partial charge in [0.05, 0.1) is 16.2 Å². The van der Waals surface area contributed by atoms with Crippen LogP contribution in [0.25, 0.3) is 17.0 Å². The van der Waals surface area contributed by atoms with Crippen molar-refractivity contribution in [3.63, 3.8) is 0 Å². The lowest BCUT2D eigenvalue weighted by Gasteiger charge is -2.14. The summed E-state index contributed by atoms with van der Waals surface area (Å²) < 4.78 is 2.51. The van der Waals surface area contributed by atoms with E-state index in [0.29, 0.717) is 31.5 Å². The van der Waals surface area contributed by atoms with Crippen LogP contribution < -0.4 is 4.90 Å². The van der Waals surface area contributed by atoms with Gasteiger partial charge in [0.2, 0.25) is 0 Å². The number of halogens is 2. The van der Waals surface area contributed by atoms with Crippen molar-refractivity contribution in [1.82, 2.24) is 4.57 Å². The van der Waals surface area contributed by atoms with E-state index in [1.54, 1.807) is 18.2 Å². The second-order valence-electron chi connectivity index (χ2n) is 8.21. The lowest BCUT2D eigenvalue weighted by molar-refractivity contribution is -0.113. The van der Waals surface area contributed by atoms with E-state index in [1.807, 2.05) is 49.4 Å². The summed E-state index contributed by atoms with van der Waals surface area (Å²) in [5.74, 6) is -1.36. The summed E-state index contributed by atoms with van der Waals surface area (Å²) in [6.07, 6.45) is 1.86. The van der Waals surface area contributed by atoms with Gasteiger partial charge in [-0.25, -0.2) is 4.79 Å². The Labute approximate surface area is 226 Å². The van der Waals surface area contributed by atoms with Crippen molar-refractivity contribution < 1.29 is 14.7 Å². The first-order valence-electron chi connectivity index (χ1n) is 10.9. The van der Waals surface area contributed by atoms with Gasteiger partial charge in [0, 0.05) is 38.8 Å². The Morgan fingerprint density at radius 3 is 2.61 bits per heavy atom. The van der Waals surface area contributed by atoms with E-state index in [2.05, 4.69) is 4.57 Å². The van der Waals surface area contributed by atoms with E-state index in [1.165, 1.54) is 28.8 Å². The van der Waals surface area contributed by atoms with Crippen LogP contribution >= 0.6 is 47.2 Å². The number of aromatic nitrogens is 1. The summed E-state index contributed by atoms with van der Waals surface area (Å²) >= 11 is 19.2. The Bertz CT molecular complexity index is 1610. The number of anilines is 1. The monoisotopic (exact) mass is 552 g/mol. The molecule has 0 aliphatic carbocycles. The van der Waals surface area contributed by atoms with Crippen LogP contribution in [-0.2, 0) is 11.3 Å². The Kier molecular flexibility index (Phi) is 6.66. The number of benzene rings is 3. The van der Waals surface area contributed by atoms with Crippen LogP contribution in [0.2, 0.25) is 10.0 Å². The normalized spacial score (nSPS) is 14.9. The highest BCUT2D eigenvalue weighted by molar-refractivity contribution is 8.27. The molecule has 5 rings (SSSR count). The third-order valence-corrected chi connectivity index (χ3v) is 7.93. The van der Waals surface area contributed by atoms with E-state index in [0.717, 1.165) is 27.7 Å². The molecule has 180 valence electrons. The number of carbonyl (C=O) groups is 2. The lowest BCUT2D eigenvalue weighted by Crippen LogP contribution is -2.27. The van der Waals surface area contributed by atoms with Crippen LogP contribution in [0.5, 0.6) is 0 Å². The maximum Gasteiger partial charge on any atom is 0.335 e. The fraction of sp³-hybridized carbons (Fsp3) is 0.0741. The number of nitrogens with zero attached hydrogens (tertiary/aromatic N) is 2. The fourth-order valence-electron chi connectivity index (χ4n) is 4.26. The third kappa shape index (κ3) is 4.44. The van der Waals surface area contributed by atoms with Crippen molar-refractivity contribution >= 4 is 86.0 Å². The summed E-state index contributed by atoms with van der Waals surface area (Å²) in [7, 11) is 0. The molecule has 0 unspecified atom stereocenters. The van der Waals surface area contributed by atoms with Gasteiger partial charge in [-0.05, 0) is 55.0 Å². The molecule has 0 saturated carbocycles. The quantitative estimate of drug-likeness (QED) is 0.206. The molecule has 0 spiro atoms. The minimum atomic E-state index is -1.07. The highest BCUT2D eigenvalue weighted by Gasteiger charge is 2.34. The van der Waals surface area contributed by atoms with Crippen molar-refractivity contribution in [2.75, 3.05) is 4.90 Å². The van der Waals surface area contributed by atoms with Gasteiger partial charge >= 0.3 is 5.97 Å². The predicted molar refractivity (Wildman–Crippen MR) is 151 cm³/mol. The molecule has 1 aromatic heterocycles. The molecule has 0 atom stereocenters. The van der Waals surface area contributed by atoms with Crippen molar-refractivity contribution in [2.45, 2.75) is 13.5 Å². The van der Waals surface area contributed by atoms with Gasteiger partial charge in [-0.2, -0.15) is 0 Å². The molecule has 1 amide bonds. The lowest BCUT2D eigenvalue weighted by atomic mass is 10.1. The standard InChI is InChI=1S/C27H18Cl2N2O3S2/c1-15-21(13-24-25(32)31(27(35)36-24)19-6-4-5-16(11-19)26(33)34)20-7-2-3-8-23(20)30(15)14-17-9-10-18(28)12-22(17)29/h2-13H,14H2,1H3,(H,33,34)/b24-13+. The molecule has 2 heterocycles. The molecular formula is C27H18Cl2N2O3S2. The van der Waals surface area contributed by atoms with Gasteiger partial charge < -0.3 is 9.67 Å². The molecule has 0 bridgehead atoms. The second kappa shape index (κ2) is 9.75. The number of rotatable bonds is 5. The van der Waals surface area contributed by atoms with Crippen LogP contribution in [0.3, 0.4) is 0 Å². The van der Waals surface area contributed by atoms with Gasteiger partial charge in [-0.3, -0.25) is 9.69 Å². The number of thiocarbonyl (C=S) groups is 1. The summed E-state index contributed by atoms with van der Waals surface area (Å²) in [4.78, 5) is 26.6. The molecule has 36 heavy (non-hydrogen) atoms. The topological polar surface area (TPSA) is 62.5 Å². The highest BCUT2D eigenvalue weighted by atomic mass is 35.5. The zero-order chi connectivity index (χ0) is 25.6. The van der Waals surface area contributed by atoms with Crippen LogP contribution in [0.4, 0.5) is 5.69 Å². The third-order valence-electron chi connectivity index (χ3n) is 6.04. The van der Waals surface area contributed by atoms with Crippen molar-refractivity contribution in [1.29, 1.82) is 0 Å². The number of aromatic carboxylic acids is 1.